The molecule has 0 saturated carbocycles. The summed E-state index contributed by atoms with van der Waals surface area (Å²) in [6.45, 7) is 4.76. The number of aromatic nitrogens is 3. The standard InChI is InChI=1S/C11H14N4/c1-9-4-5-10(2)15(9)14-8-11-12-6-3-7-13-11/h3-7,14H,8H2,1-2H3. The molecule has 0 unspecified atom stereocenters. The van der Waals surface area contributed by atoms with Crippen LogP contribution in [0.1, 0.15) is 17.2 Å². The smallest absolute Gasteiger partial charge is 0.148 e. The molecule has 4 heteroatoms. The van der Waals surface area contributed by atoms with Crippen LogP contribution in [-0.4, -0.2) is 14.6 Å². The summed E-state index contributed by atoms with van der Waals surface area (Å²) >= 11 is 0. The van der Waals surface area contributed by atoms with Crippen molar-refractivity contribution >= 4 is 0 Å². The van der Waals surface area contributed by atoms with Crippen LogP contribution in [0.4, 0.5) is 0 Å². The van der Waals surface area contributed by atoms with E-state index in [-0.39, 0.29) is 0 Å². The van der Waals surface area contributed by atoms with Gasteiger partial charge in [-0.05, 0) is 32.0 Å². The molecule has 15 heavy (non-hydrogen) atoms. The molecule has 0 amide bonds. The highest BCUT2D eigenvalue weighted by molar-refractivity contribution is 5.15. The van der Waals surface area contributed by atoms with Gasteiger partial charge < -0.3 is 5.43 Å². The van der Waals surface area contributed by atoms with Crippen molar-refractivity contribution in [2.45, 2.75) is 20.4 Å². The molecule has 2 aromatic heterocycles. The quantitative estimate of drug-likeness (QED) is 0.822. The maximum absolute atomic E-state index is 4.15. The van der Waals surface area contributed by atoms with Gasteiger partial charge in [0.1, 0.15) is 5.82 Å². The molecule has 0 aromatic carbocycles. The van der Waals surface area contributed by atoms with Gasteiger partial charge in [0, 0.05) is 23.8 Å². The van der Waals surface area contributed by atoms with Crippen LogP contribution in [0.25, 0.3) is 0 Å². The Morgan fingerprint density at radius 1 is 1.13 bits per heavy atom. The van der Waals surface area contributed by atoms with Gasteiger partial charge in [-0.25, -0.2) is 9.97 Å². The molecule has 0 atom stereocenters. The highest BCUT2D eigenvalue weighted by Crippen LogP contribution is 2.04. The first-order valence-corrected chi connectivity index (χ1v) is 4.92. The second-order valence-electron chi connectivity index (χ2n) is 3.45. The van der Waals surface area contributed by atoms with Gasteiger partial charge in [-0.15, -0.1) is 0 Å². The van der Waals surface area contributed by atoms with E-state index in [1.54, 1.807) is 12.4 Å². The summed E-state index contributed by atoms with van der Waals surface area (Å²) in [7, 11) is 0. The van der Waals surface area contributed by atoms with E-state index in [4.69, 9.17) is 0 Å². The van der Waals surface area contributed by atoms with Crippen LogP contribution in [0.2, 0.25) is 0 Å². The maximum atomic E-state index is 4.15. The van der Waals surface area contributed by atoms with Crippen molar-refractivity contribution in [3.8, 4) is 0 Å². The van der Waals surface area contributed by atoms with E-state index in [0.717, 1.165) is 5.82 Å². The Labute approximate surface area is 89.0 Å². The SMILES string of the molecule is Cc1ccc(C)n1NCc1ncccn1. The fourth-order valence-corrected chi connectivity index (χ4v) is 1.49. The van der Waals surface area contributed by atoms with Crippen LogP contribution < -0.4 is 5.43 Å². The summed E-state index contributed by atoms with van der Waals surface area (Å²) in [5, 5.41) is 0. The molecule has 0 fully saturated rings. The van der Waals surface area contributed by atoms with Gasteiger partial charge in [0.25, 0.3) is 0 Å². The molecule has 0 aliphatic carbocycles. The zero-order valence-corrected chi connectivity index (χ0v) is 8.94. The topological polar surface area (TPSA) is 42.7 Å². The normalized spacial score (nSPS) is 10.3. The molecule has 0 saturated heterocycles. The van der Waals surface area contributed by atoms with Crippen molar-refractivity contribution in [2.24, 2.45) is 0 Å². The van der Waals surface area contributed by atoms with Crippen LogP contribution in [0.15, 0.2) is 30.6 Å². The van der Waals surface area contributed by atoms with Crippen molar-refractivity contribution < 1.29 is 0 Å². The number of nitrogens with one attached hydrogen (secondary N) is 1. The highest BCUT2D eigenvalue weighted by Gasteiger charge is 2.00. The summed E-state index contributed by atoms with van der Waals surface area (Å²) < 4.78 is 2.04. The predicted octanol–water partition coefficient (Wildman–Crippen LogP) is 1.64. The number of hydrogen-bond donors (Lipinski definition) is 1. The zero-order valence-electron chi connectivity index (χ0n) is 8.94. The second kappa shape index (κ2) is 4.13. The van der Waals surface area contributed by atoms with Crippen molar-refractivity contribution in [3.63, 3.8) is 0 Å². The lowest BCUT2D eigenvalue weighted by atomic mass is 10.5. The molecule has 0 aliphatic rings. The first kappa shape index (κ1) is 9.71. The Hall–Kier alpha value is -1.84. The minimum Gasteiger partial charge on any atom is -0.318 e. The summed E-state index contributed by atoms with van der Waals surface area (Å²) in [6, 6.07) is 5.97. The molecule has 0 spiro atoms. The Morgan fingerprint density at radius 3 is 2.33 bits per heavy atom. The van der Waals surface area contributed by atoms with Gasteiger partial charge >= 0.3 is 0 Å². The number of aryl methyl sites for hydroxylation is 2. The lowest BCUT2D eigenvalue weighted by Crippen LogP contribution is -2.18. The second-order valence-corrected chi connectivity index (χ2v) is 3.45. The van der Waals surface area contributed by atoms with E-state index in [1.807, 2.05) is 10.7 Å². The third kappa shape index (κ3) is 2.15. The van der Waals surface area contributed by atoms with Crippen molar-refractivity contribution in [2.75, 3.05) is 5.43 Å². The van der Waals surface area contributed by atoms with Crippen molar-refractivity contribution in [1.82, 2.24) is 14.6 Å². The number of rotatable bonds is 3. The summed E-state index contributed by atoms with van der Waals surface area (Å²) in [6.07, 6.45) is 3.50. The third-order valence-electron chi connectivity index (χ3n) is 2.29. The fourth-order valence-electron chi connectivity index (χ4n) is 1.49. The van der Waals surface area contributed by atoms with Gasteiger partial charge in [0.2, 0.25) is 0 Å². The molecule has 2 aromatic rings. The summed E-state index contributed by atoms with van der Waals surface area (Å²) in [5.41, 5.74) is 5.64. The van der Waals surface area contributed by atoms with Gasteiger partial charge in [-0.1, -0.05) is 0 Å². The average Bonchev–Trinajstić information content (AvgIpc) is 2.58. The van der Waals surface area contributed by atoms with Crippen LogP contribution in [0, 0.1) is 13.8 Å². The highest BCUT2D eigenvalue weighted by atomic mass is 15.4. The van der Waals surface area contributed by atoms with E-state index in [2.05, 4.69) is 41.4 Å². The van der Waals surface area contributed by atoms with E-state index in [9.17, 15) is 0 Å². The van der Waals surface area contributed by atoms with Crippen molar-refractivity contribution in [3.05, 3.63) is 47.8 Å². The summed E-state index contributed by atoms with van der Waals surface area (Å²) in [5.74, 6) is 0.796. The van der Waals surface area contributed by atoms with Crippen LogP contribution in [0.5, 0.6) is 0 Å². The van der Waals surface area contributed by atoms with Crippen LogP contribution >= 0.6 is 0 Å². The Bertz CT molecular complexity index is 414. The maximum Gasteiger partial charge on any atom is 0.148 e. The zero-order chi connectivity index (χ0) is 10.7. The molecule has 1 N–H and O–H groups in total. The first-order valence-electron chi connectivity index (χ1n) is 4.92. The fraction of sp³-hybridized carbons (Fsp3) is 0.273. The molecule has 2 rings (SSSR count). The summed E-state index contributed by atoms with van der Waals surface area (Å²) in [4.78, 5) is 8.30. The van der Waals surface area contributed by atoms with E-state index < -0.39 is 0 Å². The number of hydrogen-bond acceptors (Lipinski definition) is 3. The molecular formula is C11H14N4. The lowest BCUT2D eigenvalue weighted by molar-refractivity contribution is 0.763. The lowest BCUT2D eigenvalue weighted by Gasteiger charge is -2.11. The molecule has 0 aliphatic heterocycles. The Balaban J connectivity index is 2.05. The van der Waals surface area contributed by atoms with Crippen molar-refractivity contribution in [1.29, 1.82) is 0 Å². The first-order chi connectivity index (χ1) is 7.27. The van der Waals surface area contributed by atoms with E-state index in [0.29, 0.717) is 6.54 Å². The predicted molar refractivity (Wildman–Crippen MR) is 59.0 cm³/mol. The molecule has 4 nitrogen and oxygen atoms in total. The van der Waals surface area contributed by atoms with Crippen LogP contribution in [0.3, 0.4) is 0 Å². The third-order valence-corrected chi connectivity index (χ3v) is 2.29. The minimum atomic E-state index is 0.636. The average molecular weight is 202 g/mol. The van der Waals surface area contributed by atoms with Gasteiger partial charge in [-0.2, -0.15) is 0 Å². The van der Waals surface area contributed by atoms with E-state index in [1.165, 1.54) is 11.4 Å². The Morgan fingerprint density at radius 2 is 1.73 bits per heavy atom. The largest absolute Gasteiger partial charge is 0.318 e. The molecule has 0 bridgehead atoms. The molecule has 0 radical (unpaired) electrons. The Kier molecular flexibility index (Phi) is 2.67. The molecule has 2 heterocycles. The molecule has 78 valence electrons. The van der Waals surface area contributed by atoms with Gasteiger partial charge in [-0.3, -0.25) is 4.68 Å². The van der Waals surface area contributed by atoms with Gasteiger partial charge in [0.15, 0.2) is 0 Å². The molecular weight excluding hydrogens is 188 g/mol. The van der Waals surface area contributed by atoms with E-state index >= 15 is 0 Å². The minimum absolute atomic E-state index is 0.636. The van der Waals surface area contributed by atoms with Gasteiger partial charge in [0.05, 0.1) is 6.54 Å². The van der Waals surface area contributed by atoms with Crippen LogP contribution in [-0.2, 0) is 6.54 Å². The number of nitrogens with zero attached hydrogens (tertiary/aromatic N) is 3. The monoisotopic (exact) mass is 202 g/mol.